The molecule has 2 heterocycles. The average Bonchev–Trinajstić information content (AvgIpc) is 3.27. The lowest BCUT2D eigenvalue weighted by atomic mass is 9.91. The van der Waals surface area contributed by atoms with E-state index in [0.717, 1.165) is 56.8 Å². The molecule has 2 aliphatic heterocycles. The van der Waals surface area contributed by atoms with Gasteiger partial charge in [0.15, 0.2) is 28.7 Å². The normalized spacial score (nSPS) is 17.0. The van der Waals surface area contributed by atoms with E-state index >= 15 is 0 Å². The minimum atomic E-state index is -2.30. The largest absolute Gasteiger partial charge is 0.539 e. The van der Waals surface area contributed by atoms with Crippen molar-refractivity contribution >= 4 is 26.9 Å². The van der Waals surface area contributed by atoms with Crippen LogP contribution in [0.1, 0.15) is 81.6 Å². The summed E-state index contributed by atoms with van der Waals surface area (Å²) in [4.78, 5) is 37.6. The molecule has 62 heavy (non-hydrogen) atoms. The van der Waals surface area contributed by atoms with Crippen LogP contribution < -0.4 is 28.1 Å². The number of aliphatic imine (C=N–C) groups is 1. The molecule has 0 saturated carbocycles. The molecule has 0 aromatic heterocycles. The summed E-state index contributed by atoms with van der Waals surface area (Å²) in [6.07, 6.45) is 2.85. The van der Waals surface area contributed by atoms with E-state index in [1.165, 1.54) is 0 Å². The summed E-state index contributed by atoms with van der Waals surface area (Å²) in [7, 11) is 4.10. The first-order chi connectivity index (χ1) is 29.7. The third kappa shape index (κ3) is 12.4. The highest BCUT2D eigenvalue weighted by molar-refractivity contribution is 6.74. The fourth-order valence-electron chi connectivity index (χ4n) is 7.67. The molecule has 3 aromatic carbocycles. The molecule has 2 saturated heterocycles. The highest BCUT2D eigenvalue weighted by Crippen LogP contribution is 2.46. The predicted octanol–water partition coefficient (Wildman–Crippen LogP) is 8.29. The minimum absolute atomic E-state index is 0.0738. The van der Waals surface area contributed by atoms with Crippen LogP contribution in [-0.2, 0) is 25.5 Å². The summed E-state index contributed by atoms with van der Waals surface area (Å²) in [6, 6.07) is 16.5. The maximum atomic E-state index is 14.9. The zero-order chi connectivity index (χ0) is 44.9. The number of rotatable bonds is 21. The standard InChI is InChI=1S/C48H69N3O10Si/c1-48(2,3)62(9,10)61-45-43(56-7)32-36(33-44(45)57-8)38(21-22-49-4)46(52)51-23-12-11-16-39(51)47(53)60-40(19-17-34-18-20-41(54-5)42(30-34)55-6)35-14-13-15-37(31-35)59-29-26-50-24-27-58-28-25-50/h13-15,18,20,30-33,38-40H,4,11-12,16-17,19,21-29H2,1-3,5-10H3/t38?,39?,40-/m1/s1. The van der Waals surface area contributed by atoms with Crippen molar-refractivity contribution in [3.05, 3.63) is 71.3 Å². The van der Waals surface area contributed by atoms with Gasteiger partial charge in [0, 0.05) is 32.7 Å². The Labute approximate surface area is 370 Å². The van der Waals surface area contributed by atoms with E-state index in [-0.39, 0.29) is 10.9 Å². The second kappa shape index (κ2) is 22.5. The van der Waals surface area contributed by atoms with Crippen molar-refractivity contribution in [1.29, 1.82) is 0 Å². The van der Waals surface area contributed by atoms with Gasteiger partial charge in [0.1, 0.15) is 24.5 Å². The Hall–Kier alpha value is -4.79. The van der Waals surface area contributed by atoms with Crippen LogP contribution in [0.2, 0.25) is 18.1 Å². The van der Waals surface area contributed by atoms with Gasteiger partial charge in [-0.2, -0.15) is 0 Å². The van der Waals surface area contributed by atoms with E-state index in [1.54, 1.807) is 33.3 Å². The summed E-state index contributed by atoms with van der Waals surface area (Å²) in [6.45, 7) is 19.8. The van der Waals surface area contributed by atoms with Gasteiger partial charge in [-0.1, -0.05) is 39.0 Å². The Morgan fingerprint density at radius 1 is 0.855 bits per heavy atom. The number of hydrogen-bond donors (Lipinski definition) is 0. The smallest absolute Gasteiger partial charge is 0.329 e. The van der Waals surface area contributed by atoms with Gasteiger partial charge in [-0.15, -0.1) is 0 Å². The number of aryl methyl sites for hydroxylation is 1. The van der Waals surface area contributed by atoms with Crippen LogP contribution >= 0.6 is 0 Å². The lowest BCUT2D eigenvalue weighted by Crippen LogP contribution is -2.50. The number of morpholine rings is 1. The van der Waals surface area contributed by atoms with Gasteiger partial charge in [0.05, 0.1) is 47.6 Å². The molecule has 3 aromatic rings. The number of carbonyl (C=O) groups is 2. The molecule has 0 spiro atoms. The van der Waals surface area contributed by atoms with Crippen molar-refractivity contribution in [2.45, 2.75) is 95.5 Å². The van der Waals surface area contributed by atoms with Crippen molar-refractivity contribution < 1.29 is 47.2 Å². The van der Waals surface area contributed by atoms with E-state index in [2.05, 4.69) is 50.5 Å². The third-order valence-corrected chi connectivity index (χ3v) is 16.7. The summed E-state index contributed by atoms with van der Waals surface area (Å²) in [5, 5.41) is -0.0738. The molecule has 2 unspecified atom stereocenters. The van der Waals surface area contributed by atoms with Crippen LogP contribution in [0, 0.1) is 0 Å². The molecular weight excluding hydrogens is 807 g/mol. The maximum Gasteiger partial charge on any atom is 0.329 e. The Balaban J connectivity index is 1.42. The van der Waals surface area contributed by atoms with Crippen LogP contribution in [0.15, 0.2) is 59.6 Å². The number of esters is 1. The van der Waals surface area contributed by atoms with Crippen LogP contribution in [0.3, 0.4) is 0 Å². The number of carbonyl (C=O) groups excluding carboxylic acids is 2. The Morgan fingerprint density at radius 3 is 2.19 bits per heavy atom. The Kier molecular flexibility index (Phi) is 17.5. The van der Waals surface area contributed by atoms with Gasteiger partial charge in [-0.3, -0.25) is 9.69 Å². The summed E-state index contributed by atoms with van der Waals surface area (Å²) in [5.74, 6) is 2.15. The first-order valence-electron chi connectivity index (χ1n) is 21.9. The summed E-state index contributed by atoms with van der Waals surface area (Å²) < 4.78 is 47.8. The predicted molar refractivity (Wildman–Crippen MR) is 244 cm³/mol. The van der Waals surface area contributed by atoms with E-state index < -0.39 is 32.4 Å². The summed E-state index contributed by atoms with van der Waals surface area (Å²) >= 11 is 0. The van der Waals surface area contributed by atoms with Gasteiger partial charge >= 0.3 is 5.97 Å². The van der Waals surface area contributed by atoms with Crippen molar-refractivity contribution in [3.8, 4) is 34.5 Å². The maximum absolute atomic E-state index is 14.9. The molecule has 5 rings (SSSR count). The van der Waals surface area contributed by atoms with Crippen molar-refractivity contribution in [2.75, 3.05) is 81.0 Å². The molecular formula is C48H69N3O10Si. The Bertz CT molecular complexity index is 1920. The molecule has 3 atom stereocenters. The fourth-order valence-corrected chi connectivity index (χ4v) is 8.69. The fraction of sp³-hybridized carbons (Fsp3) is 0.562. The van der Waals surface area contributed by atoms with Crippen LogP contribution in [0.5, 0.6) is 34.5 Å². The van der Waals surface area contributed by atoms with E-state index in [1.807, 2.05) is 54.6 Å². The first kappa shape index (κ1) is 48.2. The molecule has 340 valence electrons. The zero-order valence-corrected chi connectivity index (χ0v) is 39.5. The molecule has 2 fully saturated rings. The van der Waals surface area contributed by atoms with Gasteiger partial charge in [-0.05, 0) is 116 Å². The van der Waals surface area contributed by atoms with Crippen molar-refractivity contribution in [2.24, 2.45) is 4.99 Å². The van der Waals surface area contributed by atoms with Crippen LogP contribution in [-0.4, -0.2) is 124 Å². The molecule has 2 aliphatic rings. The number of hydrogen-bond acceptors (Lipinski definition) is 12. The van der Waals surface area contributed by atoms with Gasteiger partial charge < -0.3 is 47.5 Å². The number of ether oxygens (including phenoxy) is 7. The SMILES string of the molecule is C=NCCC(C(=O)N1CCCCC1C(=O)O[C@H](CCc1ccc(OC)c(OC)c1)c1cccc(OCCN2CCOCC2)c1)c1cc(OC)c(O[Si](C)(C)C(C)(C)C)c(OC)c1. The first-order valence-corrected chi connectivity index (χ1v) is 24.8. The zero-order valence-electron chi connectivity index (χ0n) is 38.5. The molecule has 0 radical (unpaired) electrons. The van der Waals surface area contributed by atoms with Gasteiger partial charge in [0.2, 0.25) is 5.91 Å². The van der Waals surface area contributed by atoms with Crippen LogP contribution in [0.4, 0.5) is 0 Å². The number of amides is 1. The Morgan fingerprint density at radius 2 is 1.55 bits per heavy atom. The highest BCUT2D eigenvalue weighted by Gasteiger charge is 2.42. The minimum Gasteiger partial charge on any atom is -0.539 e. The number of benzene rings is 3. The quantitative estimate of drug-likeness (QED) is 0.0583. The number of methoxy groups -OCH3 is 4. The molecule has 13 nitrogen and oxygen atoms in total. The second-order valence-electron chi connectivity index (χ2n) is 17.5. The molecule has 0 aliphatic carbocycles. The highest BCUT2D eigenvalue weighted by atomic mass is 28.4. The molecule has 0 N–H and O–H groups in total. The molecule has 14 heteroatoms. The number of piperidine rings is 1. The molecule has 0 bridgehead atoms. The lowest BCUT2D eigenvalue weighted by molar-refractivity contribution is -0.162. The van der Waals surface area contributed by atoms with Crippen molar-refractivity contribution in [3.63, 3.8) is 0 Å². The van der Waals surface area contributed by atoms with Crippen LogP contribution in [0.25, 0.3) is 0 Å². The summed E-state index contributed by atoms with van der Waals surface area (Å²) in [5.41, 5.74) is 2.50. The third-order valence-electron chi connectivity index (χ3n) is 12.4. The number of nitrogens with zero attached hydrogens (tertiary/aromatic N) is 3. The number of likely N-dealkylation sites (tertiary alicyclic amines) is 1. The lowest BCUT2D eigenvalue weighted by Gasteiger charge is -2.38. The van der Waals surface area contributed by atoms with Gasteiger partial charge in [-0.25, -0.2) is 4.79 Å². The topological polar surface area (TPSA) is 127 Å². The second-order valence-corrected chi connectivity index (χ2v) is 22.2. The van der Waals surface area contributed by atoms with E-state index in [0.29, 0.717) is 85.4 Å². The van der Waals surface area contributed by atoms with E-state index in [4.69, 9.17) is 37.6 Å². The van der Waals surface area contributed by atoms with Crippen molar-refractivity contribution in [1.82, 2.24) is 9.80 Å². The van der Waals surface area contributed by atoms with E-state index in [9.17, 15) is 9.59 Å². The monoisotopic (exact) mass is 875 g/mol. The average molecular weight is 876 g/mol. The molecule has 1 amide bonds. The van der Waals surface area contributed by atoms with Gasteiger partial charge in [0.25, 0.3) is 8.32 Å².